The number of amides is 2. The Labute approximate surface area is 200 Å². The molecule has 3 aliphatic rings. The van der Waals surface area contributed by atoms with Gasteiger partial charge in [-0.25, -0.2) is 8.42 Å². The minimum atomic E-state index is -3.65. The van der Waals surface area contributed by atoms with Gasteiger partial charge in [0.15, 0.2) is 6.10 Å². The van der Waals surface area contributed by atoms with Gasteiger partial charge in [-0.1, -0.05) is 18.2 Å². The Hall–Kier alpha value is -2.91. The van der Waals surface area contributed by atoms with Gasteiger partial charge in [-0.15, -0.1) is 0 Å². The van der Waals surface area contributed by atoms with E-state index >= 15 is 0 Å². The first-order chi connectivity index (χ1) is 16.4. The molecule has 0 bridgehead atoms. The molecule has 180 valence electrons. The van der Waals surface area contributed by atoms with Gasteiger partial charge in [0, 0.05) is 31.7 Å². The van der Waals surface area contributed by atoms with Gasteiger partial charge in [0.05, 0.1) is 17.1 Å². The summed E-state index contributed by atoms with van der Waals surface area (Å²) in [6.45, 7) is 2.47. The van der Waals surface area contributed by atoms with Gasteiger partial charge < -0.3 is 14.5 Å². The maximum atomic E-state index is 13.6. The van der Waals surface area contributed by atoms with E-state index in [0.29, 0.717) is 37.6 Å². The van der Waals surface area contributed by atoms with Gasteiger partial charge in [-0.2, -0.15) is 4.31 Å². The summed E-state index contributed by atoms with van der Waals surface area (Å²) >= 11 is 0. The van der Waals surface area contributed by atoms with Crippen molar-refractivity contribution in [1.82, 2.24) is 9.21 Å². The van der Waals surface area contributed by atoms with Crippen molar-refractivity contribution in [2.75, 3.05) is 37.6 Å². The van der Waals surface area contributed by atoms with Crippen LogP contribution in [0.15, 0.2) is 53.4 Å². The maximum absolute atomic E-state index is 13.6. The number of carbonyl (C=O) groups excluding carboxylic acids is 2. The lowest BCUT2D eigenvalue weighted by Gasteiger charge is -2.37. The summed E-state index contributed by atoms with van der Waals surface area (Å²) in [4.78, 5) is 30.3. The van der Waals surface area contributed by atoms with Gasteiger partial charge in [0.25, 0.3) is 11.8 Å². The smallest absolute Gasteiger partial charge is 0.265 e. The van der Waals surface area contributed by atoms with E-state index in [-0.39, 0.29) is 28.8 Å². The number of ether oxygens (including phenoxy) is 1. The van der Waals surface area contributed by atoms with Gasteiger partial charge in [0.2, 0.25) is 10.0 Å². The molecule has 2 saturated heterocycles. The van der Waals surface area contributed by atoms with Crippen LogP contribution in [0.2, 0.25) is 0 Å². The number of sulfonamides is 1. The van der Waals surface area contributed by atoms with Gasteiger partial charge in [-0.05, 0) is 62.4 Å². The van der Waals surface area contributed by atoms with Crippen LogP contribution in [0.4, 0.5) is 5.69 Å². The Morgan fingerprint density at radius 1 is 0.853 bits per heavy atom. The van der Waals surface area contributed by atoms with Crippen LogP contribution in [0.3, 0.4) is 0 Å². The largest absolute Gasteiger partial charge is 0.476 e. The molecular formula is C25H29N3O5S. The summed E-state index contributed by atoms with van der Waals surface area (Å²) in [5.74, 6) is 0.00123. The van der Waals surface area contributed by atoms with E-state index in [1.165, 1.54) is 21.3 Å². The summed E-state index contributed by atoms with van der Waals surface area (Å²) < 4.78 is 33.5. The number of hydrogen-bond acceptors (Lipinski definition) is 5. The van der Waals surface area contributed by atoms with Crippen LogP contribution in [-0.2, 0) is 14.8 Å². The van der Waals surface area contributed by atoms with Crippen LogP contribution in [0, 0.1) is 0 Å². The minimum Gasteiger partial charge on any atom is -0.476 e. The lowest BCUT2D eigenvalue weighted by atomic mass is 10.1. The molecule has 0 radical (unpaired) electrons. The zero-order valence-corrected chi connectivity index (χ0v) is 19.9. The zero-order chi connectivity index (χ0) is 23.7. The number of para-hydroxylation sites is 2. The topological polar surface area (TPSA) is 87.2 Å². The summed E-state index contributed by atoms with van der Waals surface area (Å²) in [5, 5.41) is 0. The van der Waals surface area contributed by atoms with Crippen LogP contribution in [0.25, 0.3) is 0 Å². The first kappa shape index (κ1) is 22.9. The van der Waals surface area contributed by atoms with Crippen LogP contribution in [0.5, 0.6) is 5.75 Å². The molecule has 2 amide bonds. The highest BCUT2D eigenvalue weighted by molar-refractivity contribution is 7.89. The van der Waals surface area contributed by atoms with Crippen LogP contribution < -0.4 is 9.64 Å². The number of fused-ring (bicyclic) bond motifs is 1. The molecule has 3 aliphatic heterocycles. The standard InChI is InChI=1S/C25H29N3O5S/c29-24(19-9-8-10-20(17-19)34(31,32)27-15-6-7-16-27)28-18-23(25(30)26-13-4-1-5-14-26)33-22-12-3-2-11-21(22)28/h2-3,8-12,17,23H,1,4-7,13-16,18H2/t23-/m1/s1. The highest BCUT2D eigenvalue weighted by Gasteiger charge is 2.37. The second-order valence-electron chi connectivity index (χ2n) is 9.01. The van der Waals surface area contributed by atoms with E-state index in [2.05, 4.69) is 0 Å². The molecule has 2 aromatic carbocycles. The van der Waals surface area contributed by atoms with Crippen LogP contribution in [-0.4, -0.2) is 68.3 Å². The molecule has 34 heavy (non-hydrogen) atoms. The fraction of sp³-hybridized carbons (Fsp3) is 0.440. The number of carbonyl (C=O) groups is 2. The maximum Gasteiger partial charge on any atom is 0.265 e. The normalized spacial score (nSPS) is 21.1. The molecule has 2 fully saturated rings. The monoisotopic (exact) mass is 483 g/mol. The lowest BCUT2D eigenvalue weighted by Crippen LogP contribution is -2.52. The predicted octanol–water partition coefficient (Wildman–Crippen LogP) is 2.89. The molecule has 1 atom stereocenters. The Kier molecular flexibility index (Phi) is 6.31. The number of benzene rings is 2. The Morgan fingerprint density at radius 2 is 1.56 bits per heavy atom. The summed E-state index contributed by atoms with van der Waals surface area (Å²) in [6, 6.07) is 13.3. The average molecular weight is 484 g/mol. The molecule has 5 rings (SSSR count). The number of anilines is 1. The second kappa shape index (κ2) is 9.38. The first-order valence-electron chi connectivity index (χ1n) is 11.9. The van der Waals surface area contributed by atoms with Crippen LogP contribution >= 0.6 is 0 Å². The molecule has 2 aromatic rings. The van der Waals surface area contributed by atoms with Crippen molar-refractivity contribution in [3.05, 3.63) is 54.1 Å². The van der Waals surface area contributed by atoms with Crippen molar-refractivity contribution in [1.29, 1.82) is 0 Å². The fourth-order valence-electron chi connectivity index (χ4n) is 4.90. The number of rotatable bonds is 4. The van der Waals surface area contributed by atoms with E-state index in [1.807, 2.05) is 11.0 Å². The van der Waals surface area contributed by atoms with Crippen molar-refractivity contribution in [3.8, 4) is 5.75 Å². The van der Waals surface area contributed by atoms with Gasteiger partial charge >= 0.3 is 0 Å². The minimum absolute atomic E-state index is 0.0777. The quantitative estimate of drug-likeness (QED) is 0.667. The van der Waals surface area contributed by atoms with E-state index in [1.54, 1.807) is 30.3 Å². The highest BCUT2D eigenvalue weighted by atomic mass is 32.2. The number of piperidine rings is 1. The Bertz CT molecular complexity index is 1190. The zero-order valence-electron chi connectivity index (χ0n) is 19.1. The number of nitrogens with zero attached hydrogens (tertiary/aromatic N) is 3. The lowest BCUT2D eigenvalue weighted by molar-refractivity contribution is -0.139. The molecule has 0 unspecified atom stereocenters. The van der Waals surface area contributed by atoms with Gasteiger partial charge in [0.1, 0.15) is 5.75 Å². The molecule has 8 nitrogen and oxygen atoms in total. The summed E-state index contributed by atoms with van der Waals surface area (Å²) in [6.07, 6.45) is 3.93. The molecule has 0 aromatic heterocycles. The second-order valence-corrected chi connectivity index (χ2v) is 11.0. The van der Waals surface area contributed by atoms with Gasteiger partial charge in [-0.3, -0.25) is 9.59 Å². The van der Waals surface area contributed by atoms with Crippen molar-refractivity contribution in [2.24, 2.45) is 0 Å². The third-order valence-corrected chi connectivity index (χ3v) is 8.64. The molecule has 9 heteroatoms. The van der Waals surface area contributed by atoms with Crippen molar-refractivity contribution in [2.45, 2.75) is 43.1 Å². The van der Waals surface area contributed by atoms with E-state index in [0.717, 1.165) is 32.1 Å². The third-order valence-electron chi connectivity index (χ3n) is 6.75. The fourth-order valence-corrected chi connectivity index (χ4v) is 6.46. The van der Waals surface area contributed by atoms with E-state index < -0.39 is 16.1 Å². The van der Waals surface area contributed by atoms with Crippen molar-refractivity contribution >= 4 is 27.5 Å². The molecule has 3 heterocycles. The highest BCUT2D eigenvalue weighted by Crippen LogP contribution is 2.35. The van der Waals surface area contributed by atoms with Crippen molar-refractivity contribution in [3.63, 3.8) is 0 Å². The number of likely N-dealkylation sites (tertiary alicyclic amines) is 1. The predicted molar refractivity (Wildman–Crippen MR) is 127 cm³/mol. The average Bonchev–Trinajstić information content (AvgIpc) is 3.44. The molecule has 0 aliphatic carbocycles. The summed E-state index contributed by atoms with van der Waals surface area (Å²) in [5.41, 5.74) is 0.837. The molecule has 0 spiro atoms. The summed E-state index contributed by atoms with van der Waals surface area (Å²) in [7, 11) is -3.65. The van der Waals surface area contributed by atoms with Crippen LogP contribution in [0.1, 0.15) is 42.5 Å². The third kappa shape index (κ3) is 4.30. The number of hydrogen-bond donors (Lipinski definition) is 0. The Morgan fingerprint density at radius 3 is 2.32 bits per heavy atom. The molecule has 0 saturated carbocycles. The van der Waals surface area contributed by atoms with E-state index in [4.69, 9.17) is 4.74 Å². The molecular weight excluding hydrogens is 454 g/mol. The van der Waals surface area contributed by atoms with E-state index in [9.17, 15) is 18.0 Å². The molecule has 0 N–H and O–H groups in total. The SMILES string of the molecule is O=C([C@H]1CN(C(=O)c2cccc(S(=O)(=O)N3CCCC3)c2)c2ccccc2O1)N1CCCCC1. The van der Waals surface area contributed by atoms with Crippen molar-refractivity contribution < 1.29 is 22.7 Å². The first-order valence-corrected chi connectivity index (χ1v) is 13.4. The Balaban J connectivity index is 1.44.